The first-order valence-electron chi connectivity index (χ1n) is 6.33. The van der Waals surface area contributed by atoms with E-state index in [1.165, 1.54) is 11.3 Å². The number of carboxylic acids is 1. The van der Waals surface area contributed by atoms with E-state index in [-0.39, 0.29) is 12.5 Å². The molecule has 6 nitrogen and oxygen atoms in total. The molecule has 0 bridgehead atoms. The number of hydrogen-bond donors (Lipinski definition) is 2. The molecule has 1 saturated heterocycles. The predicted octanol–water partition coefficient (Wildman–Crippen LogP) is 1.41. The van der Waals surface area contributed by atoms with Gasteiger partial charge in [0.2, 0.25) is 5.91 Å². The first kappa shape index (κ1) is 14.0. The topological polar surface area (TPSA) is 82.5 Å². The maximum atomic E-state index is 11.9. The third kappa shape index (κ3) is 4.00. The Morgan fingerprint density at radius 3 is 3.00 bits per heavy atom. The van der Waals surface area contributed by atoms with E-state index >= 15 is 0 Å². The Balaban J connectivity index is 1.94. The summed E-state index contributed by atoms with van der Waals surface area (Å²) in [5.74, 6) is -1.05. The molecule has 7 heteroatoms. The van der Waals surface area contributed by atoms with Gasteiger partial charge in [0.15, 0.2) is 5.13 Å². The van der Waals surface area contributed by atoms with Gasteiger partial charge < -0.3 is 10.4 Å². The van der Waals surface area contributed by atoms with Gasteiger partial charge in [0.25, 0.3) is 0 Å². The van der Waals surface area contributed by atoms with E-state index in [1.54, 1.807) is 16.5 Å². The van der Waals surface area contributed by atoms with Crippen LogP contribution in [0.15, 0.2) is 11.6 Å². The minimum atomic E-state index is -0.844. The molecule has 1 aliphatic heterocycles. The first-order chi connectivity index (χ1) is 9.16. The first-order valence-corrected chi connectivity index (χ1v) is 7.21. The highest BCUT2D eigenvalue weighted by Gasteiger charge is 2.28. The summed E-state index contributed by atoms with van der Waals surface area (Å²) in [5, 5.41) is 14.2. The van der Waals surface area contributed by atoms with Crippen LogP contribution in [0.5, 0.6) is 0 Å². The number of thiazole rings is 1. The largest absolute Gasteiger partial charge is 0.480 e. The second kappa shape index (κ2) is 6.63. The molecule has 0 aliphatic carbocycles. The molecular weight excluding hydrogens is 266 g/mol. The number of aliphatic carboxylic acids is 1. The second-order valence-electron chi connectivity index (χ2n) is 4.56. The lowest BCUT2D eigenvalue weighted by molar-refractivity contribution is -0.143. The van der Waals surface area contributed by atoms with E-state index < -0.39 is 12.0 Å². The Morgan fingerprint density at radius 1 is 1.47 bits per heavy atom. The number of carbonyl (C=O) groups is 2. The molecule has 0 saturated carbocycles. The quantitative estimate of drug-likeness (QED) is 0.873. The van der Waals surface area contributed by atoms with Crippen LogP contribution >= 0.6 is 11.3 Å². The number of amides is 1. The van der Waals surface area contributed by atoms with Crippen LogP contribution in [0.1, 0.15) is 25.7 Å². The van der Waals surface area contributed by atoms with E-state index in [9.17, 15) is 14.7 Å². The zero-order chi connectivity index (χ0) is 13.7. The fourth-order valence-corrected chi connectivity index (χ4v) is 2.81. The Labute approximate surface area is 115 Å². The van der Waals surface area contributed by atoms with Gasteiger partial charge in [-0.15, -0.1) is 11.3 Å². The third-order valence-corrected chi connectivity index (χ3v) is 3.86. The predicted molar refractivity (Wildman–Crippen MR) is 72.2 cm³/mol. The number of aromatic nitrogens is 1. The highest BCUT2D eigenvalue weighted by molar-refractivity contribution is 7.13. The number of hydrogen-bond acceptors (Lipinski definition) is 5. The van der Waals surface area contributed by atoms with Crippen molar-refractivity contribution in [1.29, 1.82) is 0 Å². The van der Waals surface area contributed by atoms with Crippen LogP contribution in [0, 0.1) is 0 Å². The number of anilines is 1. The molecule has 1 aromatic rings. The summed E-state index contributed by atoms with van der Waals surface area (Å²) in [4.78, 5) is 28.8. The number of carbonyl (C=O) groups excluding carboxylic acids is 1. The van der Waals surface area contributed by atoms with E-state index in [1.807, 2.05) is 0 Å². The molecule has 2 N–H and O–H groups in total. The SMILES string of the molecule is O=C(CN1CCCCCC1C(=O)O)Nc1nccs1. The van der Waals surface area contributed by atoms with Gasteiger partial charge in [-0.1, -0.05) is 12.8 Å². The van der Waals surface area contributed by atoms with E-state index in [0.717, 1.165) is 19.3 Å². The Bertz CT molecular complexity index is 435. The van der Waals surface area contributed by atoms with Crippen LogP contribution < -0.4 is 5.32 Å². The van der Waals surface area contributed by atoms with Crippen molar-refractivity contribution < 1.29 is 14.7 Å². The van der Waals surface area contributed by atoms with Crippen molar-refractivity contribution in [2.24, 2.45) is 0 Å². The van der Waals surface area contributed by atoms with Gasteiger partial charge in [-0.2, -0.15) is 0 Å². The van der Waals surface area contributed by atoms with Gasteiger partial charge in [-0.25, -0.2) is 4.98 Å². The molecule has 0 aromatic carbocycles. The van der Waals surface area contributed by atoms with Gasteiger partial charge in [-0.3, -0.25) is 14.5 Å². The highest BCUT2D eigenvalue weighted by Crippen LogP contribution is 2.17. The average Bonchev–Trinajstić information content (AvgIpc) is 2.73. The number of carboxylic acid groups (broad SMARTS) is 1. The van der Waals surface area contributed by atoms with Crippen molar-refractivity contribution >= 4 is 28.3 Å². The summed E-state index contributed by atoms with van der Waals surface area (Å²) in [7, 11) is 0. The number of nitrogens with zero attached hydrogens (tertiary/aromatic N) is 2. The molecule has 19 heavy (non-hydrogen) atoms. The highest BCUT2D eigenvalue weighted by atomic mass is 32.1. The van der Waals surface area contributed by atoms with Crippen LogP contribution in [0.3, 0.4) is 0 Å². The molecular formula is C12H17N3O3S. The standard InChI is InChI=1S/C12H17N3O3S/c16-10(14-12-13-5-7-19-12)8-15-6-3-1-2-4-9(15)11(17)18/h5,7,9H,1-4,6,8H2,(H,17,18)(H,13,14,16). The lowest BCUT2D eigenvalue weighted by Crippen LogP contribution is -2.44. The summed E-state index contributed by atoms with van der Waals surface area (Å²) in [6.07, 6.45) is 5.09. The van der Waals surface area contributed by atoms with E-state index in [4.69, 9.17) is 0 Å². The molecule has 1 fully saturated rings. The summed E-state index contributed by atoms with van der Waals surface area (Å²) in [5.41, 5.74) is 0. The Morgan fingerprint density at radius 2 is 2.32 bits per heavy atom. The molecule has 1 unspecified atom stereocenters. The van der Waals surface area contributed by atoms with Crippen molar-refractivity contribution in [1.82, 2.24) is 9.88 Å². The van der Waals surface area contributed by atoms with Crippen LogP contribution in [-0.4, -0.2) is 46.0 Å². The number of likely N-dealkylation sites (tertiary alicyclic amines) is 1. The molecule has 1 aromatic heterocycles. The van der Waals surface area contributed by atoms with Crippen LogP contribution in [-0.2, 0) is 9.59 Å². The second-order valence-corrected chi connectivity index (χ2v) is 5.45. The normalized spacial score (nSPS) is 20.7. The molecule has 2 rings (SSSR count). The summed E-state index contributed by atoms with van der Waals surface area (Å²) in [6, 6.07) is -0.551. The van der Waals surface area contributed by atoms with Crippen molar-refractivity contribution in [3.8, 4) is 0 Å². The lowest BCUT2D eigenvalue weighted by Gasteiger charge is -2.25. The number of rotatable bonds is 4. The monoisotopic (exact) mass is 283 g/mol. The Kier molecular flexibility index (Phi) is 4.86. The van der Waals surface area contributed by atoms with Crippen molar-refractivity contribution in [3.63, 3.8) is 0 Å². The number of nitrogens with one attached hydrogen (secondary N) is 1. The maximum Gasteiger partial charge on any atom is 0.320 e. The van der Waals surface area contributed by atoms with E-state index in [0.29, 0.717) is 18.1 Å². The zero-order valence-corrected chi connectivity index (χ0v) is 11.4. The molecule has 0 radical (unpaired) electrons. The molecule has 0 spiro atoms. The van der Waals surface area contributed by atoms with Crippen molar-refractivity contribution in [3.05, 3.63) is 11.6 Å². The van der Waals surface area contributed by atoms with Gasteiger partial charge in [0, 0.05) is 11.6 Å². The molecule has 1 aliphatic rings. The summed E-state index contributed by atoms with van der Waals surface area (Å²) >= 11 is 1.35. The van der Waals surface area contributed by atoms with Gasteiger partial charge in [0.05, 0.1) is 6.54 Å². The van der Waals surface area contributed by atoms with Crippen LogP contribution in [0.4, 0.5) is 5.13 Å². The van der Waals surface area contributed by atoms with Crippen LogP contribution in [0.25, 0.3) is 0 Å². The van der Waals surface area contributed by atoms with Crippen molar-refractivity contribution in [2.45, 2.75) is 31.7 Å². The minimum absolute atomic E-state index is 0.108. The van der Waals surface area contributed by atoms with Gasteiger partial charge in [-0.05, 0) is 19.4 Å². The zero-order valence-electron chi connectivity index (χ0n) is 10.5. The van der Waals surface area contributed by atoms with Gasteiger partial charge in [0.1, 0.15) is 6.04 Å². The molecule has 1 atom stereocenters. The lowest BCUT2D eigenvalue weighted by atomic mass is 10.1. The maximum absolute atomic E-state index is 11.9. The van der Waals surface area contributed by atoms with Gasteiger partial charge >= 0.3 is 5.97 Å². The fraction of sp³-hybridized carbons (Fsp3) is 0.583. The third-order valence-electron chi connectivity index (χ3n) is 3.17. The fourth-order valence-electron chi connectivity index (χ4n) is 2.27. The molecule has 104 valence electrons. The van der Waals surface area contributed by atoms with Crippen molar-refractivity contribution in [2.75, 3.05) is 18.4 Å². The minimum Gasteiger partial charge on any atom is -0.480 e. The molecule has 2 heterocycles. The van der Waals surface area contributed by atoms with E-state index in [2.05, 4.69) is 10.3 Å². The molecule has 1 amide bonds. The summed E-state index contributed by atoms with van der Waals surface area (Å²) in [6.45, 7) is 0.763. The Hall–Kier alpha value is -1.47. The smallest absolute Gasteiger partial charge is 0.320 e. The van der Waals surface area contributed by atoms with Crippen LogP contribution in [0.2, 0.25) is 0 Å². The summed E-state index contributed by atoms with van der Waals surface area (Å²) < 4.78 is 0. The average molecular weight is 283 g/mol.